The minimum Gasteiger partial charge on any atom is -0.298 e. The number of rotatable bonds is 6. The average molecular weight is 477 g/mol. The second kappa shape index (κ2) is 9.77. The molecule has 0 bridgehead atoms. The minimum atomic E-state index is -0.291. The molecular formula is C26H28N4O3S. The molecule has 2 N–H and O–H groups in total. The molecule has 2 heterocycles. The smallest absolute Gasteiger partial charge is 0.257 e. The quantitative estimate of drug-likeness (QED) is 0.494. The lowest BCUT2D eigenvalue weighted by molar-refractivity contribution is -0.130. The second-order valence-electron chi connectivity index (χ2n) is 8.96. The molecule has 7 nitrogen and oxygen atoms in total. The van der Waals surface area contributed by atoms with E-state index in [0.717, 1.165) is 11.3 Å². The van der Waals surface area contributed by atoms with Crippen LogP contribution in [0.2, 0.25) is 0 Å². The number of benzene rings is 2. The van der Waals surface area contributed by atoms with E-state index in [1.165, 1.54) is 27.5 Å². The van der Waals surface area contributed by atoms with Gasteiger partial charge in [0.05, 0.1) is 11.4 Å². The molecule has 0 radical (unpaired) electrons. The monoisotopic (exact) mass is 476 g/mol. The van der Waals surface area contributed by atoms with Gasteiger partial charge in [0.1, 0.15) is 0 Å². The Labute approximate surface area is 203 Å². The van der Waals surface area contributed by atoms with E-state index < -0.39 is 0 Å². The first-order valence-electron chi connectivity index (χ1n) is 11.4. The van der Waals surface area contributed by atoms with Gasteiger partial charge < -0.3 is 0 Å². The number of carbonyl (C=O) groups is 3. The van der Waals surface area contributed by atoms with Crippen molar-refractivity contribution in [2.45, 2.75) is 52.4 Å². The fourth-order valence-corrected chi connectivity index (χ4v) is 4.53. The van der Waals surface area contributed by atoms with Crippen LogP contribution in [0.4, 0.5) is 10.8 Å². The summed E-state index contributed by atoms with van der Waals surface area (Å²) in [5, 5.41) is 6.56. The van der Waals surface area contributed by atoms with E-state index in [1.54, 1.807) is 24.3 Å². The fourth-order valence-electron chi connectivity index (χ4n) is 3.82. The average Bonchev–Trinajstić information content (AvgIpc) is 3.28. The lowest BCUT2D eigenvalue weighted by Crippen LogP contribution is -2.50. The molecule has 0 spiro atoms. The highest BCUT2D eigenvalue weighted by Crippen LogP contribution is 2.34. The van der Waals surface area contributed by atoms with Gasteiger partial charge in [-0.3, -0.25) is 25.1 Å². The van der Waals surface area contributed by atoms with Crippen LogP contribution in [0.3, 0.4) is 0 Å². The van der Waals surface area contributed by atoms with Gasteiger partial charge in [-0.2, -0.15) is 0 Å². The van der Waals surface area contributed by atoms with Crippen molar-refractivity contribution in [2.24, 2.45) is 0 Å². The molecule has 1 fully saturated rings. The number of anilines is 2. The maximum Gasteiger partial charge on any atom is 0.257 e. The van der Waals surface area contributed by atoms with Crippen LogP contribution in [0.1, 0.15) is 73.9 Å². The molecule has 0 atom stereocenters. The van der Waals surface area contributed by atoms with E-state index in [-0.39, 0.29) is 30.6 Å². The number of thiazole rings is 1. The van der Waals surface area contributed by atoms with Crippen LogP contribution in [0.5, 0.6) is 0 Å². The zero-order valence-electron chi connectivity index (χ0n) is 19.7. The van der Waals surface area contributed by atoms with Crippen LogP contribution in [-0.4, -0.2) is 22.7 Å². The molecular weight excluding hydrogens is 448 g/mol. The van der Waals surface area contributed by atoms with Crippen molar-refractivity contribution in [2.75, 3.05) is 10.3 Å². The molecule has 1 aromatic heterocycles. The summed E-state index contributed by atoms with van der Waals surface area (Å²) in [7, 11) is 0. The Bertz CT molecular complexity index is 1230. The molecule has 1 aliphatic rings. The number of carbonyl (C=O) groups excluding carboxylic acids is 3. The molecule has 0 aliphatic carbocycles. The van der Waals surface area contributed by atoms with Crippen molar-refractivity contribution in [1.29, 1.82) is 0 Å². The van der Waals surface area contributed by atoms with Crippen LogP contribution in [0.25, 0.3) is 11.3 Å². The predicted molar refractivity (Wildman–Crippen MR) is 135 cm³/mol. The molecule has 176 valence electrons. The van der Waals surface area contributed by atoms with Gasteiger partial charge in [0.2, 0.25) is 11.8 Å². The van der Waals surface area contributed by atoms with Crippen LogP contribution < -0.4 is 15.8 Å². The molecule has 3 amide bonds. The van der Waals surface area contributed by atoms with Gasteiger partial charge in [-0.05, 0) is 47.2 Å². The maximum absolute atomic E-state index is 12.8. The van der Waals surface area contributed by atoms with Gasteiger partial charge in [-0.15, -0.1) is 11.3 Å². The van der Waals surface area contributed by atoms with E-state index in [0.29, 0.717) is 28.2 Å². The summed E-state index contributed by atoms with van der Waals surface area (Å²) in [6.45, 7) is 8.71. The number of hydrogen-bond acceptors (Lipinski definition) is 5. The number of nitrogens with one attached hydrogen (secondary N) is 2. The standard InChI is InChI=1S/C26H28N4O3S/c1-15(2)18-7-10-20(21(13-18)16(3)4)22-14-34-26(27-22)28-25(33)17-5-8-19(9-6-17)30-24(32)12-11-23(31)29-30/h5-10,13-16H,11-12H2,1-4H3,(H,29,31)(H,27,28,33). The number of hydrogen-bond donors (Lipinski definition) is 2. The summed E-state index contributed by atoms with van der Waals surface area (Å²) in [5.74, 6) is 0.117. The third-order valence-electron chi connectivity index (χ3n) is 5.80. The molecule has 4 rings (SSSR count). The van der Waals surface area contributed by atoms with Crippen LogP contribution in [0, 0.1) is 0 Å². The Hall–Kier alpha value is -3.52. The normalized spacial score (nSPS) is 14.0. The second-order valence-corrected chi connectivity index (χ2v) is 9.82. The van der Waals surface area contributed by atoms with E-state index in [2.05, 4.69) is 61.6 Å². The molecule has 34 heavy (non-hydrogen) atoms. The minimum absolute atomic E-state index is 0.166. The molecule has 1 aliphatic heterocycles. The molecule has 0 saturated carbocycles. The first-order chi connectivity index (χ1) is 16.2. The van der Waals surface area contributed by atoms with Gasteiger partial charge in [0.15, 0.2) is 5.13 Å². The third kappa shape index (κ3) is 5.02. The largest absolute Gasteiger partial charge is 0.298 e. The van der Waals surface area contributed by atoms with E-state index in [1.807, 2.05) is 5.38 Å². The van der Waals surface area contributed by atoms with Crippen LogP contribution in [-0.2, 0) is 9.59 Å². The number of hydrazine groups is 1. The Morgan fingerprint density at radius 2 is 1.76 bits per heavy atom. The Kier molecular flexibility index (Phi) is 6.79. The van der Waals surface area contributed by atoms with Gasteiger partial charge in [0, 0.05) is 29.3 Å². The van der Waals surface area contributed by atoms with Gasteiger partial charge >= 0.3 is 0 Å². The Balaban J connectivity index is 1.49. The van der Waals surface area contributed by atoms with Crippen molar-refractivity contribution in [1.82, 2.24) is 10.4 Å². The number of nitrogens with zero attached hydrogens (tertiary/aromatic N) is 2. The lowest BCUT2D eigenvalue weighted by Gasteiger charge is -2.27. The van der Waals surface area contributed by atoms with Gasteiger partial charge in [-0.25, -0.2) is 9.99 Å². The first-order valence-corrected chi connectivity index (χ1v) is 12.2. The highest BCUT2D eigenvalue weighted by atomic mass is 32.1. The van der Waals surface area contributed by atoms with Gasteiger partial charge in [-0.1, -0.05) is 45.9 Å². The SMILES string of the molecule is CC(C)c1ccc(-c2csc(NC(=O)c3ccc(N4NC(=O)CCC4=O)cc3)n2)c(C(C)C)c1. The van der Waals surface area contributed by atoms with E-state index in [4.69, 9.17) is 0 Å². The van der Waals surface area contributed by atoms with E-state index in [9.17, 15) is 14.4 Å². The Morgan fingerprint density at radius 3 is 2.44 bits per heavy atom. The molecule has 3 aromatic rings. The molecule has 1 saturated heterocycles. The molecule has 2 aromatic carbocycles. The summed E-state index contributed by atoms with van der Waals surface area (Å²) in [6.07, 6.45) is 0.353. The summed E-state index contributed by atoms with van der Waals surface area (Å²) >= 11 is 1.38. The summed E-state index contributed by atoms with van der Waals surface area (Å²) in [6, 6.07) is 13.0. The predicted octanol–water partition coefficient (Wildman–Crippen LogP) is 5.47. The highest BCUT2D eigenvalue weighted by molar-refractivity contribution is 7.14. The van der Waals surface area contributed by atoms with Crippen LogP contribution in [0.15, 0.2) is 47.8 Å². The fraction of sp³-hybridized carbons (Fsp3) is 0.308. The van der Waals surface area contributed by atoms with E-state index >= 15 is 0 Å². The lowest BCUT2D eigenvalue weighted by atomic mass is 9.90. The van der Waals surface area contributed by atoms with Crippen LogP contribution >= 0.6 is 11.3 Å². The number of amides is 3. The molecule has 8 heteroatoms. The van der Waals surface area contributed by atoms with Crippen molar-refractivity contribution in [3.05, 3.63) is 64.5 Å². The topological polar surface area (TPSA) is 91.4 Å². The Morgan fingerprint density at radius 1 is 1.03 bits per heavy atom. The summed E-state index contributed by atoms with van der Waals surface area (Å²) in [5.41, 5.74) is 7.95. The zero-order chi connectivity index (χ0) is 24.4. The van der Waals surface area contributed by atoms with Crippen molar-refractivity contribution in [3.63, 3.8) is 0 Å². The maximum atomic E-state index is 12.8. The number of aromatic nitrogens is 1. The van der Waals surface area contributed by atoms with Crippen molar-refractivity contribution in [3.8, 4) is 11.3 Å². The third-order valence-corrected chi connectivity index (χ3v) is 6.56. The van der Waals surface area contributed by atoms with Crippen molar-refractivity contribution < 1.29 is 14.4 Å². The summed E-state index contributed by atoms with van der Waals surface area (Å²) < 4.78 is 0. The zero-order valence-corrected chi connectivity index (χ0v) is 20.5. The first kappa shape index (κ1) is 23.6. The van der Waals surface area contributed by atoms with Gasteiger partial charge in [0.25, 0.3) is 5.91 Å². The summed E-state index contributed by atoms with van der Waals surface area (Å²) in [4.78, 5) is 41.1. The highest BCUT2D eigenvalue weighted by Gasteiger charge is 2.24. The molecule has 0 unspecified atom stereocenters. The van der Waals surface area contributed by atoms with Crippen molar-refractivity contribution >= 4 is 39.9 Å².